The summed E-state index contributed by atoms with van der Waals surface area (Å²) in [5, 5.41) is 21.1. The summed E-state index contributed by atoms with van der Waals surface area (Å²) >= 11 is 0. The van der Waals surface area contributed by atoms with E-state index in [2.05, 4.69) is 12.2 Å². The minimum absolute atomic E-state index is 0.242. The number of aliphatic carboxylic acids is 1. The fourth-order valence-electron chi connectivity index (χ4n) is 2.37. The van der Waals surface area contributed by atoms with E-state index in [0.29, 0.717) is 6.61 Å². The van der Waals surface area contributed by atoms with Gasteiger partial charge in [-0.05, 0) is 13.3 Å². The molecule has 5 heteroatoms. The molecule has 0 aliphatic carbocycles. The Hall–Kier alpha value is -0.650. The van der Waals surface area contributed by atoms with Gasteiger partial charge in [-0.2, -0.15) is 0 Å². The van der Waals surface area contributed by atoms with Crippen LogP contribution in [0.4, 0.5) is 0 Å². The molecule has 0 heterocycles. The summed E-state index contributed by atoms with van der Waals surface area (Å²) in [6.45, 7) is 4.97. The van der Waals surface area contributed by atoms with Crippen molar-refractivity contribution in [2.45, 2.75) is 90.2 Å². The monoisotopic (exact) mass is 331 g/mol. The van der Waals surface area contributed by atoms with Crippen molar-refractivity contribution < 1.29 is 19.7 Å². The summed E-state index contributed by atoms with van der Waals surface area (Å²) in [6, 6.07) is -0.647. The number of rotatable bonds is 17. The number of aliphatic hydroxyl groups is 1. The van der Waals surface area contributed by atoms with Gasteiger partial charge in [0.2, 0.25) is 0 Å². The Morgan fingerprint density at radius 2 is 1.52 bits per heavy atom. The molecule has 0 spiro atoms. The molecule has 5 nitrogen and oxygen atoms in total. The summed E-state index contributed by atoms with van der Waals surface area (Å²) in [6.07, 6.45) is 12.3. The number of carboxylic acids is 1. The number of aliphatic hydroxyl groups excluding tert-OH is 1. The lowest BCUT2D eigenvalue weighted by molar-refractivity contribution is -0.139. The van der Waals surface area contributed by atoms with Gasteiger partial charge in [0.1, 0.15) is 6.04 Å². The van der Waals surface area contributed by atoms with Crippen LogP contribution in [-0.2, 0) is 9.53 Å². The fourth-order valence-corrected chi connectivity index (χ4v) is 2.37. The van der Waals surface area contributed by atoms with Gasteiger partial charge in [-0.1, -0.05) is 64.7 Å². The maximum absolute atomic E-state index is 10.6. The van der Waals surface area contributed by atoms with E-state index in [-0.39, 0.29) is 13.2 Å². The van der Waals surface area contributed by atoms with Crippen molar-refractivity contribution >= 4 is 5.97 Å². The molecule has 23 heavy (non-hydrogen) atoms. The molecule has 0 saturated carbocycles. The van der Waals surface area contributed by atoms with Gasteiger partial charge >= 0.3 is 5.97 Å². The first kappa shape index (κ1) is 22.4. The average molecular weight is 331 g/mol. The van der Waals surface area contributed by atoms with Crippen LogP contribution in [0.2, 0.25) is 0 Å². The van der Waals surface area contributed by atoms with Crippen molar-refractivity contribution in [2.24, 2.45) is 0 Å². The second-order valence-electron chi connectivity index (χ2n) is 6.38. The SMILES string of the molecule is CCCCCCCCCCCCOCC(O)CN[C@@H](C)C(=O)O. The third-order valence-corrected chi connectivity index (χ3v) is 3.98. The maximum atomic E-state index is 10.6. The van der Waals surface area contributed by atoms with Crippen molar-refractivity contribution in [3.05, 3.63) is 0 Å². The molecule has 0 aromatic heterocycles. The minimum atomic E-state index is -0.913. The minimum Gasteiger partial charge on any atom is -0.480 e. The lowest BCUT2D eigenvalue weighted by Gasteiger charge is -2.14. The zero-order valence-corrected chi connectivity index (χ0v) is 15.1. The first-order valence-electron chi connectivity index (χ1n) is 9.30. The Bertz CT molecular complexity index is 274. The van der Waals surface area contributed by atoms with Crippen molar-refractivity contribution in [3.8, 4) is 0 Å². The largest absolute Gasteiger partial charge is 0.480 e. The standard InChI is InChI=1S/C18H37NO4/c1-3-4-5-6-7-8-9-10-11-12-13-23-15-17(20)14-19-16(2)18(21)22/h16-17,19-20H,3-15H2,1-2H3,(H,21,22)/t16-,17?/m0/s1. The second kappa shape index (κ2) is 16.2. The molecule has 0 rings (SSSR count). The number of carboxylic acid groups (broad SMARTS) is 1. The molecule has 3 N–H and O–H groups in total. The van der Waals surface area contributed by atoms with E-state index in [0.717, 1.165) is 6.42 Å². The highest BCUT2D eigenvalue weighted by Gasteiger charge is 2.12. The van der Waals surface area contributed by atoms with Crippen LogP contribution in [0.15, 0.2) is 0 Å². The van der Waals surface area contributed by atoms with Gasteiger partial charge in [0.05, 0.1) is 12.7 Å². The molecule has 0 aliphatic heterocycles. The van der Waals surface area contributed by atoms with E-state index >= 15 is 0 Å². The molecule has 138 valence electrons. The van der Waals surface area contributed by atoms with Crippen LogP contribution in [0.5, 0.6) is 0 Å². The van der Waals surface area contributed by atoms with E-state index in [1.807, 2.05) is 0 Å². The Morgan fingerprint density at radius 3 is 2.04 bits per heavy atom. The Balaban J connectivity index is 3.22. The number of hydrogen-bond donors (Lipinski definition) is 3. The summed E-state index contributed by atoms with van der Waals surface area (Å²) < 4.78 is 5.42. The molecular formula is C18H37NO4. The Kier molecular flexibility index (Phi) is 15.8. The van der Waals surface area contributed by atoms with Crippen LogP contribution < -0.4 is 5.32 Å². The normalized spacial score (nSPS) is 13.9. The van der Waals surface area contributed by atoms with Gasteiger partial charge in [-0.3, -0.25) is 4.79 Å². The number of nitrogens with one attached hydrogen (secondary N) is 1. The van der Waals surface area contributed by atoms with Gasteiger partial charge in [0.25, 0.3) is 0 Å². The summed E-state index contributed by atoms with van der Waals surface area (Å²) in [7, 11) is 0. The number of carbonyl (C=O) groups is 1. The quantitative estimate of drug-likeness (QED) is 0.356. The predicted octanol–water partition coefficient (Wildman–Crippen LogP) is 3.35. The topological polar surface area (TPSA) is 78.8 Å². The van der Waals surface area contributed by atoms with E-state index in [1.165, 1.54) is 57.8 Å². The molecule has 0 bridgehead atoms. The van der Waals surface area contributed by atoms with Crippen LogP contribution >= 0.6 is 0 Å². The zero-order chi connectivity index (χ0) is 17.3. The van der Waals surface area contributed by atoms with E-state index in [4.69, 9.17) is 9.84 Å². The van der Waals surface area contributed by atoms with Crippen LogP contribution in [0.1, 0.15) is 78.1 Å². The molecule has 0 saturated heterocycles. The average Bonchev–Trinajstić information content (AvgIpc) is 2.53. The van der Waals surface area contributed by atoms with Gasteiger partial charge in [-0.25, -0.2) is 0 Å². The molecule has 0 radical (unpaired) electrons. The Morgan fingerprint density at radius 1 is 1.00 bits per heavy atom. The fraction of sp³-hybridized carbons (Fsp3) is 0.944. The first-order chi connectivity index (χ1) is 11.1. The summed E-state index contributed by atoms with van der Waals surface area (Å²) in [5.74, 6) is -0.913. The van der Waals surface area contributed by atoms with Gasteiger partial charge < -0.3 is 20.3 Å². The Labute approximate surface area is 141 Å². The van der Waals surface area contributed by atoms with Crippen molar-refractivity contribution in [1.82, 2.24) is 5.32 Å². The van der Waals surface area contributed by atoms with Crippen LogP contribution in [0.3, 0.4) is 0 Å². The van der Waals surface area contributed by atoms with Gasteiger partial charge in [0.15, 0.2) is 0 Å². The highest BCUT2D eigenvalue weighted by Crippen LogP contribution is 2.10. The van der Waals surface area contributed by atoms with Crippen LogP contribution in [0, 0.1) is 0 Å². The maximum Gasteiger partial charge on any atom is 0.320 e. The van der Waals surface area contributed by atoms with Crippen molar-refractivity contribution in [3.63, 3.8) is 0 Å². The molecule has 0 aromatic rings. The number of ether oxygens (including phenoxy) is 1. The predicted molar refractivity (Wildman–Crippen MR) is 93.8 cm³/mol. The molecule has 1 unspecified atom stereocenters. The molecule has 0 amide bonds. The lowest BCUT2D eigenvalue weighted by atomic mass is 10.1. The number of unbranched alkanes of at least 4 members (excludes halogenated alkanes) is 9. The highest BCUT2D eigenvalue weighted by molar-refractivity contribution is 5.72. The molecule has 2 atom stereocenters. The lowest BCUT2D eigenvalue weighted by Crippen LogP contribution is -2.40. The van der Waals surface area contributed by atoms with Gasteiger partial charge in [-0.15, -0.1) is 0 Å². The van der Waals surface area contributed by atoms with E-state index in [1.54, 1.807) is 6.92 Å². The van der Waals surface area contributed by atoms with Gasteiger partial charge in [0, 0.05) is 13.2 Å². The van der Waals surface area contributed by atoms with Crippen molar-refractivity contribution in [2.75, 3.05) is 19.8 Å². The summed E-state index contributed by atoms with van der Waals surface area (Å²) in [4.78, 5) is 10.6. The third kappa shape index (κ3) is 16.0. The van der Waals surface area contributed by atoms with Crippen molar-refractivity contribution in [1.29, 1.82) is 0 Å². The highest BCUT2D eigenvalue weighted by atomic mass is 16.5. The summed E-state index contributed by atoms with van der Waals surface area (Å²) in [5.41, 5.74) is 0. The molecule has 0 fully saturated rings. The smallest absolute Gasteiger partial charge is 0.320 e. The number of hydrogen-bond acceptors (Lipinski definition) is 4. The van der Waals surface area contributed by atoms with E-state index < -0.39 is 18.1 Å². The van der Waals surface area contributed by atoms with E-state index in [9.17, 15) is 9.90 Å². The zero-order valence-electron chi connectivity index (χ0n) is 15.1. The van der Waals surface area contributed by atoms with Crippen LogP contribution in [-0.4, -0.2) is 48.1 Å². The third-order valence-electron chi connectivity index (χ3n) is 3.98. The molecular weight excluding hydrogens is 294 g/mol. The molecule has 0 aliphatic rings. The van der Waals surface area contributed by atoms with Crippen LogP contribution in [0.25, 0.3) is 0 Å². The second-order valence-corrected chi connectivity index (χ2v) is 6.38. The first-order valence-corrected chi connectivity index (χ1v) is 9.30. The molecule has 0 aromatic carbocycles.